The average Bonchev–Trinajstić information content (AvgIpc) is 2.96. The van der Waals surface area contributed by atoms with E-state index in [0.29, 0.717) is 0 Å². The van der Waals surface area contributed by atoms with Gasteiger partial charge in [0.15, 0.2) is 0 Å². The third kappa shape index (κ3) is 7.29. The van der Waals surface area contributed by atoms with Crippen LogP contribution in [0.4, 0.5) is 0 Å². The maximum Gasteiger partial charge on any atom is -0.0178 e. The summed E-state index contributed by atoms with van der Waals surface area (Å²) in [5.74, 6) is 2.24. The Labute approximate surface area is 179 Å². The molecule has 2 aliphatic carbocycles. The fourth-order valence-electron chi connectivity index (χ4n) is 7.01. The van der Waals surface area contributed by atoms with Crippen molar-refractivity contribution in [2.24, 2.45) is 11.8 Å². The Morgan fingerprint density at radius 1 is 0.357 bits per heavy atom. The number of rotatable bonds is 0. The van der Waals surface area contributed by atoms with Crippen LogP contribution >= 0.6 is 7.92 Å². The van der Waals surface area contributed by atoms with Crippen molar-refractivity contribution in [2.45, 2.75) is 153 Å². The lowest BCUT2D eigenvalue weighted by molar-refractivity contribution is 0.273. The van der Waals surface area contributed by atoms with E-state index in [1.54, 1.807) is 51.4 Å². The van der Waals surface area contributed by atoms with Gasteiger partial charge in [-0.2, -0.15) is 0 Å². The molecule has 1 heterocycles. The lowest BCUT2D eigenvalue weighted by atomic mass is 9.78. The highest BCUT2D eigenvalue weighted by Gasteiger charge is 2.45. The molecule has 28 heavy (non-hydrogen) atoms. The first-order valence-electron chi connectivity index (χ1n) is 13.6. The SMILES string of the molecule is CP1[C@H]2CCCCCCCCCCC[C@H]2[C@@H]2CCCCCCCCCCC[C@@H]21. The van der Waals surface area contributed by atoms with Crippen molar-refractivity contribution in [3.63, 3.8) is 0 Å². The van der Waals surface area contributed by atoms with Crippen LogP contribution in [-0.2, 0) is 0 Å². The quantitative estimate of drug-likeness (QED) is 0.351. The molecule has 0 unspecified atom stereocenters. The maximum absolute atomic E-state index is 2.76. The van der Waals surface area contributed by atoms with E-state index in [-0.39, 0.29) is 7.92 Å². The molecule has 3 aliphatic rings. The summed E-state index contributed by atoms with van der Waals surface area (Å²) in [6.45, 7) is 2.76. The third-order valence-corrected chi connectivity index (χ3v) is 12.0. The maximum atomic E-state index is 2.76. The van der Waals surface area contributed by atoms with Crippen molar-refractivity contribution < 1.29 is 0 Å². The smallest absolute Gasteiger partial charge is 0.0178 e. The van der Waals surface area contributed by atoms with Crippen LogP contribution in [0.15, 0.2) is 0 Å². The van der Waals surface area contributed by atoms with E-state index in [2.05, 4.69) is 6.66 Å². The van der Waals surface area contributed by atoms with Gasteiger partial charge < -0.3 is 0 Å². The molecule has 3 fully saturated rings. The van der Waals surface area contributed by atoms with Crippen LogP contribution in [0, 0.1) is 11.8 Å². The van der Waals surface area contributed by atoms with Gasteiger partial charge in [0.25, 0.3) is 0 Å². The van der Waals surface area contributed by atoms with Gasteiger partial charge in [0, 0.05) is 0 Å². The van der Waals surface area contributed by atoms with Crippen LogP contribution in [0.2, 0.25) is 0 Å². The number of fused-ring (bicyclic) bond motifs is 3. The zero-order valence-corrected chi connectivity index (χ0v) is 20.2. The second-order valence-electron chi connectivity index (χ2n) is 10.6. The van der Waals surface area contributed by atoms with Gasteiger partial charge >= 0.3 is 0 Å². The van der Waals surface area contributed by atoms with Gasteiger partial charge in [0.05, 0.1) is 0 Å². The van der Waals surface area contributed by atoms with Gasteiger partial charge in [0.1, 0.15) is 0 Å². The van der Waals surface area contributed by atoms with Gasteiger partial charge in [0.2, 0.25) is 0 Å². The van der Waals surface area contributed by atoms with Gasteiger partial charge in [-0.15, -0.1) is 7.92 Å². The lowest BCUT2D eigenvalue weighted by Gasteiger charge is -2.27. The van der Waals surface area contributed by atoms with Crippen LogP contribution < -0.4 is 0 Å². The molecule has 4 atom stereocenters. The zero-order chi connectivity index (χ0) is 19.4. The van der Waals surface area contributed by atoms with Gasteiger partial charge in [-0.1, -0.05) is 116 Å². The fourth-order valence-corrected chi connectivity index (χ4v) is 10.6. The summed E-state index contributed by atoms with van der Waals surface area (Å²) >= 11 is 0. The molecule has 1 heteroatoms. The van der Waals surface area contributed by atoms with Crippen LogP contribution in [0.1, 0.15) is 141 Å². The van der Waals surface area contributed by atoms with Crippen molar-refractivity contribution in [1.82, 2.24) is 0 Å². The normalized spacial score (nSPS) is 38.2. The predicted molar refractivity (Wildman–Crippen MR) is 129 cm³/mol. The van der Waals surface area contributed by atoms with E-state index in [4.69, 9.17) is 0 Å². The Hall–Kier alpha value is 0.430. The molecule has 0 N–H and O–H groups in total. The van der Waals surface area contributed by atoms with Crippen molar-refractivity contribution in [2.75, 3.05) is 6.66 Å². The summed E-state index contributed by atoms with van der Waals surface area (Å²) in [6, 6.07) is 0. The van der Waals surface area contributed by atoms with E-state index in [1.807, 2.05) is 0 Å². The van der Waals surface area contributed by atoms with Crippen LogP contribution in [0.3, 0.4) is 0 Å². The minimum Gasteiger partial charge on any atom is -0.103 e. The largest absolute Gasteiger partial charge is 0.103 e. The molecule has 0 aromatic carbocycles. The minimum absolute atomic E-state index is 0.277. The first kappa shape index (κ1) is 23.1. The number of hydrogen-bond donors (Lipinski definition) is 0. The van der Waals surface area contributed by atoms with Crippen molar-refractivity contribution in [3.8, 4) is 0 Å². The second kappa shape index (κ2) is 13.7. The molecule has 1 saturated heterocycles. The Kier molecular flexibility index (Phi) is 11.3. The molecular formula is C27H51P. The Balaban J connectivity index is 1.66. The zero-order valence-electron chi connectivity index (χ0n) is 19.3. The molecular weight excluding hydrogens is 355 g/mol. The highest BCUT2D eigenvalue weighted by molar-refractivity contribution is 7.58. The van der Waals surface area contributed by atoms with Gasteiger partial charge in [-0.25, -0.2) is 0 Å². The summed E-state index contributed by atoms with van der Waals surface area (Å²) in [6.07, 6.45) is 33.9. The molecule has 0 nitrogen and oxygen atoms in total. The van der Waals surface area contributed by atoms with Crippen molar-refractivity contribution >= 4 is 7.92 Å². The Morgan fingerprint density at radius 3 is 0.929 bits per heavy atom. The second-order valence-corrected chi connectivity index (χ2v) is 13.3. The van der Waals surface area contributed by atoms with Gasteiger partial charge in [-0.05, 0) is 55.5 Å². The van der Waals surface area contributed by atoms with Crippen LogP contribution in [0.25, 0.3) is 0 Å². The summed E-state index contributed by atoms with van der Waals surface area (Å²) in [5.41, 5.74) is 2.28. The lowest BCUT2D eigenvalue weighted by Crippen LogP contribution is -2.23. The van der Waals surface area contributed by atoms with E-state index in [1.165, 1.54) is 89.9 Å². The standard InChI is InChI=1S/C27H51P/c1-28-26-22-18-14-10-6-2-4-8-12-16-20-24(26)25-21-17-13-9-5-3-7-11-15-19-23-27(25)28/h24-27H,2-23H2,1H3/t24-,25-,26-,27-/m0/s1. The molecule has 164 valence electrons. The monoisotopic (exact) mass is 406 g/mol. The van der Waals surface area contributed by atoms with E-state index in [9.17, 15) is 0 Å². The molecule has 0 amide bonds. The summed E-state index contributed by atoms with van der Waals surface area (Å²) in [4.78, 5) is 0. The first-order chi connectivity index (χ1) is 13.9. The Bertz CT molecular complexity index is 356. The minimum atomic E-state index is 0.277. The highest BCUT2D eigenvalue weighted by Crippen LogP contribution is 2.63. The van der Waals surface area contributed by atoms with Crippen molar-refractivity contribution in [3.05, 3.63) is 0 Å². The molecule has 0 aromatic heterocycles. The first-order valence-corrected chi connectivity index (χ1v) is 15.5. The topological polar surface area (TPSA) is 0 Å². The molecule has 0 aromatic rings. The molecule has 0 bridgehead atoms. The summed E-state index contributed by atoms with van der Waals surface area (Å²) in [5, 5.41) is 0. The van der Waals surface area contributed by atoms with E-state index in [0.717, 1.165) is 23.2 Å². The molecule has 1 aliphatic heterocycles. The fraction of sp³-hybridized carbons (Fsp3) is 1.00. The molecule has 0 spiro atoms. The molecule has 2 saturated carbocycles. The van der Waals surface area contributed by atoms with Crippen LogP contribution in [-0.4, -0.2) is 18.0 Å². The highest BCUT2D eigenvalue weighted by atomic mass is 31.1. The van der Waals surface area contributed by atoms with Crippen molar-refractivity contribution in [1.29, 1.82) is 0 Å². The van der Waals surface area contributed by atoms with Crippen LogP contribution in [0.5, 0.6) is 0 Å². The van der Waals surface area contributed by atoms with E-state index < -0.39 is 0 Å². The predicted octanol–water partition coefficient (Wildman–Crippen LogP) is 9.69. The number of hydrogen-bond acceptors (Lipinski definition) is 0. The molecule has 3 rings (SSSR count). The average molecular weight is 407 g/mol. The summed E-state index contributed by atoms with van der Waals surface area (Å²) < 4.78 is 0. The van der Waals surface area contributed by atoms with Gasteiger partial charge in [-0.3, -0.25) is 0 Å². The summed E-state index contributed by atoms with van der Waals surface area (Å²) in [7, 11) is 0.277. The third-order valence-electron chi connectivity index (χ3n) is 8.66. The van der Waals surface area contributed by atoms with E-state index >= 15 is 0 Å². The Morgan fingerprint density at radius 2 is 0.607 bits per heavy atom. The molecule has 0 radical (unpaired) electrons.